The van der Waals surface area contributed by atoms with E-state index < -0.39 is 0 Å². The molecule has 0 N–H and O–H groups in total. The molecule has 2 aliphatic rings. The molecule has 0 saturated carbocycles. The number of fused-ring (bicyclic) bond motifs is 1. The lowest BCUT2D eigenvalue weighted by atomic mass is 9.68. The van der Waals surface area contributed by atoms with Gasteiger partial charge in [-0.1, -0.05) is 12.5 Å². The van der Waals surface area contributed by atoms with Crippen molar-refractivity contribution in [1.82, 2.24) is 0 Å². The van der Waals surface area contributed by atoms with Gasteiger partial charge >= 0.3 is 5.97 Å². The van der Waals surface area contributed by atoms with Crippen LogP contribution in [0.5, 0.6) is 0 Å². The Morgan fingerprint density at radius 3 is 3.00 bits per heavy atom. The van der Waals surface area contributed by atoms with Gasteiger partial charge in [-0.3, -0.25) is 0 Å². The Labute approximate surface area is 100 Å². The van der Waals surface area contributed by atoms with Gasteiger partial charge in [0, 0.05) is 16.6 Å². The molecule has 0 spiro atoms. The molecule has 0 radical (unpaired) electrons. The molecule has 0 aromatic carbocycles. The smallest absolute Gasteiger partial charge is 0.335 e. The second kappa shape index (κ2) is 3.49. The van der Waals surface area contributed by atoms with Gasteiger partial charge < -0.3 is 9.15 Å². The highest BCUT2D eigenvalue weighted by atomic mass is 16.6. The lowest BCUT2D eigenvalue weighted by molar-refractivity contribution is -0.140. The molecule has 17 heavy (non-hydrogen) atoms. The van der Waals surface area contributed by atoms with E-state index in [1.807, 2.05) is 13.0 Å². The minimum atomic E-state index is -0.181. The second-order valence-corrected chi connectivity index (χ2v) is 5.27. The molecule has 2 atom stereocenters. The van der Waals surface area contributed by atoms with Gasteiger partial charge in [0.15, 0.2) is 0 Å². The third-order valence-electron chi connectivity index (χ3n) is 4.10. The van der Waals surface area contributed by atoms with Crippen LogP contribution in [0.3, 0.4) is 0 Å². The standard InChI is InChI=1S/C14H16O3/c1-9-4-3-6-14(2)11(9)13(15)17-12(14)10-5-7-16-8-10/h5,7-8,12H,3-4,6H2,1-2H3/t12-,14+/m1/s1. The highest BCUT2D eigenvalue weighted by molar-refractivity contribution is 5.94. The number of carbonyl (C=O) groups excluding carboxylic acids is 1. The molecule has 0 unspecified atom stereocenters. The number of esters is 1. The van der Waals surface area contributed by atoms with Crippen molar-refractivity contribution >= 4 is 5.97 Å². The Hall–Kier alpha value is -1.51. The van der Waals surface area contributed by atoms with Gasteiger partial charge in [0.05, 0.1) is 12.5 Å². The fourth-order valence-corrected chi connectivity index (χ4v) is 3.28. The molecule has 0 amide bonds. The monoisotopic (exact) mass is 232 g/mol. The fraction of sp³-hybridized carbons (Fsp3) is 0.500. The lowest BCUT2D eigenvalue weighted by Crippen LogP contribution is -2.26. The second-order valence-electron chi connectivity index (χ2n) is 5.27. The number of hydrogen-bond donors (Lipinski definition) is 0. The Bertz CT molecular complexity index is 484. The number of rotatable bonds is 1. The van der Waals surface area contributed by atoms with Gasteiger partial charge in [0.25, 0.3) is 0 Å². The van der Waals surface area contributed by atoms with Crippen LogP contribution in [0.2, 0.25) is 0 Å². The molecule has 1 saturated heterocycles. The first-order chi connectivity index (χ1) is 8.13. The Kier molecular flexibility index (Phi) is 2.18. The molecule has 1 fully saturated rings. The summed E-state index contributed by atoms with van der Waals surface area (Å²) in [5.74, 6) is -0.143. The minimum absolute atomic E-state index is 0.143. The summed E-state index contributed by atoms with van der Waals surface area (Å²) in [5, 5.41) is 0. The van der Waals surface area contributed by atoms with E-state index in [9.17, 15) is 4.79 Å². The van der Waals surface area contributed by atoms with Gasteiger partial charge in [0.2, 0.25) is 0 Å². The number of hydrogen-bond acceptors (Lipinski definition) is 3. The van der Waals surface area contributed by atoms with Crippen molar-refractivity contribution in [2.24, 2.45) is 5.41 Å². The van der Waals surface area contributed by atoms with E-state index in [0.29, 0.717) is 0 Å². The predicted octanol–water partition coefficient (Wildman–Crippen LogP) is 3.38. The predicted molar refractivity (Wildman–Crippen MR) is 62.2 cm³/mol. The van der Waals surface area contributed by atoms with Crippen LogP contribution in [0, 0.1) is 5.41 Å². The maximum atomic E-state index is 12.0. The van der Waals surface area contributed by atoms with Crippen molar-refractivity contribution in [2.75, 3.05) is 0 Å². The maximum absolute atomic E-state index is 12.0. The summed E-state index contributed by atoms with van der Waals surface area (Å²) < 4.78 is 10.7. The van der Waals surface area contributed by atoms with Crippen molar-refractivity contribution in [1.29, 1.82) is 0 Å². The fourth-order valence-electron chi connectivity index (χ4n) is 3.28. The van der Waals surface area contributed by atoms with Crippen LogP contribution >= 0.6 is 0 Å². The van der Waals surface area contributed by atoms with Crippen molar-refractivity contribution < 1.29 is 13.9 Å². The highest BCUT2D eigenvalue weighted by Gasteiger charge is 2.52. The van der Waals surface area contributed by atoms with Crippen LogP contribution in [0.4, 0.5) is 0 Å². The first-order valence-electron chi connectivity index (χ1n) is 6.06. The zero-order valence-corrected chi connectivity index (χ0v) is 10.2. The summed E-state index contributed by atoms with van der Waals surface area (Å²) in [6, 6.07) is 1.88. The van der Waals surface area contributed by atoms with E-state index in [0.717, 1.165) is 30.4 Å². The Balaban J connectivity index is 2.11. The van der Waals surface area contributed by atoms with Crippen molar-refractivity contribution in [3.05, 3.63) is 35.3 Å². The van der Waals surface area contributed by atoms with Gasteiger partial charge in [-0.25, -0.2) is 4.79 Å². The molecule has 0 bridgehead atoms. The third-order valence-corrected chi connectivity index (χ3v) is 4.10. The molecular formula is C14H16O3. The van der Waals surface area contributed by atoms with Crippen LogP contribution in [0.1, 0.15) is 44.8 Å². The van der Waals surface area contributed by atoms with Gasteiger partial charge in [-0.2, -0.15) is 0 Å². The zero-order valence-electron chi connectivity index (χ0n) is 10.2. The molecule has 3 heteroatoms. The molecular weight excluding hydrogens is 216 g/mol. The topological polar surface area (TPSA) is 39.4 Å². The Morgan fingerprint density at radius 1 is 1.47 bits per heavy atom. The minimum Gasteiger partial charge on any atom is -0.472 e. The average Bonchev–Trinajstić information content (AvgIpc) is 2.85. The van der Waals surface area contributed by atoms with Crippen molar-refractivity contribution in [3.63, 3.8) is 0 Å². The first-order valence-corrected chi connectivity index (χ1v) is 6.06. The molecule has 1 aromatic rings. The summed E-state index contributed by atoms with van der Waals surface area (Å²) in [4.78, 5) is 12.0. The number of ether oxygens (including phenoxy) is 1. The summed E-state index contributed by atoms with van der Waals surface area (Å²) >= 11 is 0. The number of allylic oxidation sites excluding steroid dienone is 1. The van der Waals surface area contributed by atoms with Gasteiger partial charge in [0.1, 0.15) is 6.10 Å². The molecule has 3 nitrogen and oxygen atoms in total. The van der Waals surface area contributed by atoms with E-state index in [1.54, 1.807) is 12.5 Å². The van der Waals surface area contributed by atoms with E-state index in [1.165, 1.54) is 5.57 Å². The molecule has 1 aliphatic carbocycles. The van der Waals surface area contributed by atoms with Crippen LogP contribution in [-0.2, 0) is 9.53 Å². The largest absolute Gasteiger partial charge is 0.472 e. The molecule has 2 heterocycles. The summed E-state index contributed by atoms with van der Waals surface area (Å²) in [6.45, 7) is 4.18. The average molecular weight is 232 g/mol. The third kappa shape index (κ3) is 1.38. The normalized spacial score (nSPS) is 32.6. The Morgan fingerprint density at radius 2 is 2.29 bits per heavy atom. The molecule has 1 aromatic heterocycles. The van der Waals surface area contributed by atoms with Crippen LogP contribution in [-0.4, -0.2) is 5.97 Å². The molecule has 1 aliphatic heterocycles. The van der Waals surface area contributed by atoms with E-state index >= 15 is 0 Å². The molecule has 3 rings (SSSR count). The van der Waals surface area contributed by atoms with E-state index in [4.69, 9.17) is 9.15 Å². The summed E-state index contributed by atoms with van der Waals surface area (Å²) in [5.41, 5.74) is 2.87. The molecule has 90 valence electrons. The number of furan rings is 1. The number of cyclic esters (lactones) is 1. The van der Waals surface area contributed by atoms with Gasteiger partial charge in [-0.05, 0) is 32.3 Å². The quantitative estimate of drug-likeness (QED) is 0.697. The lowest BCUT2D eigenvalue weighted by Gasteiger charge is -2.33. The van der Waals surface area contributed by atoms with E-state index in [2.05, 4.69) is 6.92 Å². The highest BCUT2D eigenvalue weighted by Crippen LogP contribution is 2.55. The summed E-state index contributed by atoms with van der Waals surface area (Å²) in [6.07, 6.45) is 6.26. The maximum Gasteiger partial charge on any atom is 0.335 e. The van der Waals surface area contributed by atoms with E-state index in [-0.39, 0.29) is 17.5 Å². The SMILES string of the molecule is CC1=C2C(=O)O[C@H](c3ccoc3)[C@@]2(C)CCC1. The van der Waals surface area contributed by atoms with Crippen molar-refractivity contribution in [3.8, 4) is 0 Å². The first kappa shape index (κ1) is 10.6. The van der Waals surface area contributed by atoms with Crippen LogP contribution < -0.4 is 0 Å². The zero-order chi connectivity index (χ0) is 12.0. The number of carbonyl (C=O) groups is 1. The van der Waals surface area contributed by atoms with Crippen molar-refractivity contribution in [2.45, 2.75) is 39.2 Å². The van der Waals surface area contributed by atoms with Gasteiger partial charge in [-0.15, -0.1) is 0 Å². The summed E-state index contributed by atoms with van der Waals surface area (Å²) in [7, 11) is 0. The van der Waals surface area contributed by atoms with Crippen LogP contribution in [0.15, 0.2) is 34.2 Å². The van der Waals surface area contributed by atoms with Crippen LogP contribution in [0.25, 0.3) is 0 Å².